The summed E-state index contributed by atoms with van der Waals surface area (Å²) in [7, 11) is 0. The highest BCUT2D eigenvalue weighted by molar-refractivity contribution is 6.31. The molecule has 0 radical (unpaired) electrons. The highest BCUT2D eigenvalue weighted by Gasteiger charge is 2.41. The molecular weight excluding hydrogens is 326 g/mol. The molecule has 0 aromatic heterocycles. The van der Waals surface area contributed by atoms with Crippen LogP contribution in [0.5, 0.6) is 5.75 Å². The number of benzene rings is 1. The molecule has 4 nitrogen and oxygen atoms in total. The van der Waals surface area contributed by atoms with Crippen molar-refractivity contribution in [2.75, 3.05) is 13.2 Å². The zero-order valence-corrected chi connectivity index (χ0v) is 15.4. The number of carbonyl (C=O) groups is 1. The van der Waals surface area contributed by atoms with Crippen LogP contribution in [-0.4, -0.2) is 31.3 Å². The van der Waals surface area contributed by atoms with Crippen LogP contribution in [0.1, 0.15) is 50.2 Å². The van der Waals surface area contributed by atoms with Gasteiger partial charge in [-0.25, -0.2) is 0 Å². The summed E-state index contributed by atoms with van der Waals surface area (Å²) in [5, 5.41) is 3.81. The van der Waals surface area contributed by atoms with Gasteiger partial charge in [0.05, 0.1) is 12.1 Å². The van der Waals surface area contributed by atoms with Crippen molar-refractivity contribution >= 4 is 17.5 Å². The van der Waals surface area contributed by atoms with Crippen molar-refractivity contribution in [1.82, 2.24) is 5.32 Å². The fraction of sp³-hybridized carbons (Fsp3) is 0.632. The number of carbonyl (C=O) groups excluding carboxylic acids is 1. The maximum Gasteiger partial charge on any atom is 0.258 e. The lowest BCUT2D eigenvalue weighted by atomic mass is 10.0. The molecule has 2 unspecified atom stereocenters. The van der Waals surface area contributed by atoms with Gasteiger partial charge in [-0.2, -0.15) is 0 Å². The van der Waals surface area contributed by atoms with Gasteiger partial charge in [-0.3, -0.25) is 4.79 Å². The Morgan fingerprint density at radius 3 is 2.79 bits per heavy atom. The molecule has 2 atom stereocenters. The summed E-state index contributed by atoms with van der Waals surface area (Å²) in [5.41, 5.74) is 1.98. The number of hydrogen-bond acceptors (Lipinski definition) is 3. The second-order valence-electron chi connectivity index (χ2n) is 7.22. The van der Waals surface area contributed by atoms with Crippen molar-refractivity contribution in [3.8, 4) is 5.75 Å². The van der Waals surface area contributed by atoms with E-state index in [0.29, 0.717) is 5.92 Å². The molecule has 1 aromatic rings. The van der Waals surface area contributed by atoms with Crippen molar-refractivity contribution in [2.45, 2.75) is 58.1 Å². The molecule has 1 saturated heterocycles. The van der Waals surface area contributed by atoms with Crippen molar-refractivity contribution in [1.29, 1.82) is 0 Å². The van der Waals surface area contributed by atoms with Crippen LogP contribution in [0.15, 0.2) is 12.1 Å². The Balaban J connectivity index is 1.59. The molecular formula is C19H26ClNO3. The van der Waals surface area contributed by atoms with E-state index in [1.165, 1.54) is 12.8 Å². The molecule has 1 heterocycles. The van der Waals surface area contributed by atoms with Crippen LogP contribution >= 0.6 is 11.6 Å². The standard InChI is InChI=1S/C19H26ClNO3/c1-11(2)14-9-15(20)12(3)8-17(14)24-10-18(22)21-16-6-7-23-19(16)13-4-5-13/h8-9,11,13,16,19H,4-7,10H2,1-3H3,(H,21,22). The monoisotopic (exact) mass is 351 g/mol. The summed E-state index contributed by atoms with van der Waals surface area (Å²) in [6, 6.07) is 3.98. The topological polar surface area (TPSA) is 47.6 Å². The maximum absolute atomic E-state index is 12.3. The molecule has 1 aliphatic carbocycles. The van der Waals surface area contributed by atoms with Gasteiger partial charge in [-0.15, -0.1) is 0 Å². The van der Waals surface area contributed by atoms with Crippen LogP contribution in [0, 0.1) is 12.8 Å². The van der Waals surface area contributed by atoms with Gasteiger partial charge in [0.1, 0.15) is 5.75 Å². The number of rotatable bonds is 6. The van der Waals surface area contributed by atoms with Crippen LogP contribution in [0.3, 0.4) is 0 Å². The lowest BCUT2D eigenvalue weighted by Crippen LogP contribution is -2.43. The van der Waals surface area contributed by atoms with Gasteiger partial charge in [0.15, 0.2) is 6.61 Å². The van der Waals surface area contributed by atoms with Gasteiger partial charge >= 0.3 is 0 Å². The quantitative estimate of drug-likeness (QED) is 0.847. The smallest absolute Gasteiger partial charge is 0.258 e. The normalized spacial score (nSPS) is 23.5. The molecule has 1 aromatic carbocycles. The van der Waals surface area contributed by atoms with Crippen LogP contribution < -0.4 is 10.1 Å². The number of aryl methyl sites for hydroxylation is 1. The van der Waals surface area contributed by atoms with Gasteiger partial charge in [-0.1, -0.05) is 25.4 Å². The maximum atomic E-state index is 12.3. The summed E-state index contributed by atoms with van der Waals surface area (Å²) in [4.78, 5) is 12.3. The SMILES string of the molecule is Cc1cc(OCC(=O)NC2CCOC2C2CC2)c(C(C)C)cc1Cl. The van der Waals surface area contributed by atoms with Gasteiger partial charge in [0, 0.05) is 11.6 Å². The lowest BCUT2D eigenvalue weighted by molar-refractivity contribution is -0.124. The number of halogens is 1. The second-order valence-corrected chi connectivity index (χ2v) is 7.63. The third-order valence-electron chi connectivity index (χ3n) is 4.84. The lowest BCUT2D eigenvalue weighted by Gasteiger charge is -2.20. The predicted octanol–water partition coefficient (Wildman–Crippen LogP) is 3.83. The van der Waals surface area contributed by atoms with Crippen molar-refractivity contribution in [3.63, 3.8) is 0 Å². The minimum absolute atomic E-state index is 0.0225. The van der Waals surface area contributed by atoms with Crippen LogP contribution in [0.4, 0.5) is 0 Å². The average Bonchev–Trinajstić information content (AvgIpc) is 3.28. The molecule has 1 N–H and O–H groups in total. The molecule has 132 valence electrons. The van der Waals surface area contributed by atoms with Crippen molar-refractivity contribution in [2.24, 2.45) is 5.92 Å². The molecule has 0 bridgehead atoms. The Kier molecular flexibility index (Phi) is 5.36. The molecule has 1 amide bonds. The minimum Gasteiger partial charge on any atom is -0.483 e. The average molecular weight is 352 g/mol. The Morgan fingerprint density at radius 2 is 2.12 bits per heavy atom. The Bertz CT molecular complexity index is 613. The van der Waals surface area contributed by atoms with Gasteiger partial charge in [0.2, 0.25) is 0 Å². The fourth-order valence-corrected chi connectivity index (χ4v) is 3.47. The zero-order chi connectivity index (χ0) is 17.3. The third-order valence-corrected chi connectivity index (χ3v) is 5.25. The highest BCUT2D eigenvalue weighted by atomic mass is 35.5. The molecule has 5 heteroatoms. The summed E-state index contributed by atoms with van der Waals surface area (Å²) in [5.74, 6) is 1.57. The first-order valence-corrected chi connectivity index (χ1v) is 9.17. The number of nitrogens with one attached hydrogen (secondary N) is 1. The number of ether oxygens (including phenoxy) is 2. The summed E-state index contributed by atoms with van der Waals surface area (Å²) in [6.45, 7) is 6.87. The van der Waals surface area contributed by atoms with Crippen LogP contribution in [0.2, 0.25) is 5.02 Å². The van der Waals surface area contributed by atoms with Crippen LogP contribution in [-0.2, 0) is 9.53 Å². The second kappa shape index (κ2) is 7.32. The molecule has 3 rings (SSSR count). The van der Waals surface area contributed by atoms with E-state index in [0.717, 1.165) is 34.9 Å². The van der Waals surface area contributed by atoms with E-state index < -0.39 is 0 Å². The van der Waals surface area contributed by atoms with Crippen molar-refractivity contribution < 1.29 is 14.3 Å². The Morgan fingerprint density at radius 1 is 1.38 bits per heavy atom. The van der Waals surface area contributed by atoms with E-state index in [1.807, 2.05) is 19.1 Å². The number of hydrogen-bond donors (Lipinski definition) is 1. The molecule has 1 saturated carbocycles. The molecule has 1 aliphatic heterocycles. The van der Waals surface area contributed by atoms with Gasteiger partial charge in [0.25, 0.3) is 5.91 Å². The molecule has 2 aliphatic rings. The van der Waals surface area contributed by atoms with E-state index in [-0.39, 0.29) is 30.6 Å². The van der Waals surface area contributed by atoms with E-state index in [2.05, 4.69) is 19.2 Å². The molecule has 0 spiro atoms. The molecule has 2 fully saturated rings. The Labute approximate surface area is 148 Å². The number of amides is 1. The fourth-order valence-electron chi connectivity index (χ4n) is 3.29. The van der Waals surface area contributed by atoms with Gasteiger partial charge < -0.3 is 14.8 Å². The third kappa shape index (κ3) is 4.04. The van der Waals surface area contributed by atoms with Crippen LogP contribution in [0.25, 0.3) is 0 Å². The zero-order valence-electron chi connectivity index (χ0n) is 14.6. The van der Waals surface area contributed by atoms with E-state index in [4.69, 9.17) is 21.1 Å². The largest absolute Gasteiger partial charge is 0.483 e. The first kappa shape index (κ1) is 17.6. The van der Waals surface area contributed by atoms with Crippen molar-refractivity contribution in [3.05, 3.63) is 28.3 Å². The first-order chi connectivity index (χ1) is 11.5. The Hall–Kier alpha value is -1.26. The van der Waals surface area contributed by atoms with Gasteiger partial charge in [-0.05, 0) is 61.3 Å². The highest BCUT2D eigenvalue weighted by Crippen LogP contribution is 2.38. The van der Waals surface area contributed by atoms with E-state index in [9.17, 15) is 4.79 Å². The predicted molar refractivity (Wildman–Crippen MR) is 94.8 cm³/mol. The molecule has 24 heavy (non-hydrogen) atoms. The summed E-state index contributed by atoms with van der Waals surface area (Å²) < 4.78 is 11.6. The summed E-state index contributed by atoms with van der Waals surface area (Å²) >= 11 is 6.21. The van der Waals surface area contributed by atoms with E-state index >= 15 is 0 Å². The van der Waals surface area contributed by atoms with E-state index in [1.54, 1.807) is 0 Å². The summed E-state index contributed by atoms with van der Waals surface area (Å²) in [6.07, 6.45) is 3.52. The first-order valence-electron chi connectivity index (χ1n) is 8.79. The minimum atomic E-state index is -0.0848.